The van der Waals surface area contributed by atoms with Gasteiger partial charge in [-0.3, -0.25) is 4.79 Å². The molecule has 0 fully saturated rings. The Balaban J connectivity index is 2.86. The lowest BCUT2D eigenvalue weighted by molar-refractivity contribution is -0.144. The standard InChI is InChI=1S/C11H12BrClO2/c1-3-15-11(14)7(2)8-4-5-10(13)9(12)6-8/h4-7H,3H2,1-2H3. The van der Waals surface area contributed by atoms with Crippen LogP contribution < -0.4 is 0 Å². The quantitative estimate of drug-likeness (QED) is 0.793. The lowest BCUT2D eigenvalue weighted by atomic mass is 10.0. The van der Waals surface area contributed by atoms with Crippen molar-refractivity contribution in [3.63, 3.8) is 0 Å². The number of carbonyl (C=O) groups is 1. The first kappa shape index (κ1) is 12.5. The zero-order valence-corrected chi connectivity index (χ0v) is 10.9. The minimum atomic E-state index is -0.265. The number of esters is 1. The first-order valence-electron chi connectivity index (χ1n) is 4.67. The summed E-state index contributed by atoms with van der Waals surface area (Å²) in [7, 11) is 0. The van der Waals surface area contributed by atoms with Gasteiger partial charge in [-0.15, -0.1) is 0 Å². The van der Waals surface area contributed by atoms with Gasteiger partial charge in [-0.2, -0.15) is 0 Å². The molecule has 2 nitrogen and oxygen atoms in total. The van der Waals surface area contributed by atoms with Gasteiger partial charge in [-0.1, -0.05) is 17.7 Å². The van der Waals surface area contributed by atoms with E-state index in [1.54, 1.807) is 13.0 Å². The van der Waals surface area contributed by atoms with Crippen LogP contribution in [-0.2, 0) is 9.53 Å². The molecule has 15 heavy (non-hydrogen) atoms. The Bertz CT molecular complexity index is 366. The van der Waals surface area contributed by atoms with Crippen LogP contribution in [-0.4, -0.2) is 12.6 Å². The predicted octanol–water partition coefficient (Wildman–Crippen LogP) is 3.77. The highest BCUT2D eigenvalue weighted by Gasteiger charge is 2.16. The minimum Gasteiger partial charge on any atom is -0.466 e. The Morgan fingerprint density at radius 1 is 1.60 bits per heavy atom. The van der Waals surface area contributed by atoms with Gasteiger partial charge >= 0.3 is 5.97 Å². The SMILES string of the molecule is CCOC(=O)C(C)c1ccc(Cl)c(Br)c1. The van der Waals surface area contributed by atoms with Crippen molar-refractivity contribution in [1.82, 2.24) is 0 Å². The number of carbonyl (C=O) groups excluding carboxylic acids is 1. The van der Waals surface area contributed by atoms with Gasteiger partial charge in [0.2, 0.25) is 0 Å². The average molecular weight is 292 g/mol. The van der Waals surface area contributed by atoms with Crippen molar-refractivity contribution >= 4 is 33.5 Å². The molecule has 0 aromatic heterocycles. The van der Waals surface area contributed by atoms with Crippen LogP contribution >= 0.6 is 27.5 Å². The fourth-order valence-electron chi connectivity index (χ4n) is 1.19. The Morgan fingerprint density at radius 2 is 2.27 bits per heavy atom. The van der Waals surface area contributed by atoms with E-state index in [9.17, 15) is 4.79 Å². The van der Waals surface area contributed by atoms with Gasteiger partial charge in [0.15, 0.2) is 0 Å². The number of ether oxygens (including phenoxy) is 1. The average Bonchev–Trinajstić information content (AvgIpc) is 2.21. The van der Waals surface area contributed by atoms with Crippen molar-refractivity contribution < 1.29 is 9.53 Å². The maximum atomic E-state index is 11.5. The number of rotatable bonds is 3. The molecular weight excluding hydrogens is 279 g/mol. The lowest BCUT2D eigenvalue weighted by Gasteiger charge is -2.11. The highest BCUT2D eigenvalue weighted by molar-refractivity contribution is 9.10. The van der Waals surface area contributed by atoms with E-state index in [-0.39, 0.29) is 11.9 Å². The van der Waals surface area contributed by atoms with Crippen molar-refractivity contribution in [3.8, 4) is 0 Å². The summed E-state index contributed by atoms with van der Waals surface area (Å²) in [5.41, 5.74) is 0.893. The predicted molar refractivity (Wildman–Crippen MR) is 64.2 cm³/mol. The molecule has 1 aromatic rings. The zero-order chi connectivity index (χ0) is 11.4. The molecule has 0 aliphatic heterocycles. The molecule has 0 amide bonds. The van der Waals surface area contributed by atoms with Crippen molar-refractivity contribution in [1.29, 1.82) is 0 Å². The van der Waals surface area contributed by atoms with Crippen molar-refractivity contribution in [2.24, 2.45) is 0 Å². The number of hydrogen-bond acceptors (Lipinski definition) is 2. The highest BCUT2D eigenvalue weighted by Crippen LogP contribution is 2.27. The number of benzene rings is 1. The van der Waals surface area contributed by atoms with Crippen LogP contribution in [0.2, 0.25) is 5.02 Å². The van der Waals surface area contributed by atoms with Crippen molar-refractivity contribution in [3.05, 3.63) is 33.3 Å². The van der Waals surface area contributed by atoms with Crippen LogP contribution in [0.1, 0.15) is 25.3 Å². The number of hydrogen-bond donors (Lipinski definition) is 0. The van der Waals surface area contributed by atoms with Gasteiger partial charge in [0.25, 0.3) is 0 Å². The molecular formula is C11H12BrClO2. The summed E-state index contributed by atoms with van der Waals surface area (Å²) in [5.74, 6) is -0.481. The van der Waals surface area contributed by atoms with E-state index in [0.29, 0.717) is 11.6 Å². The summed E-state index contributed by atoms with van der Waals surface area (Å²) in [6, 6.07) is 5.43. The molecule has 4 heteroatoms. The van der Waals surface area contributed by atoms with E-state index in [4.69, 9.17) is 16.3 Å². The molecule has 1 atom stereocenters. The van der Waals surface area contributed by atoms with Crippen LogP contribution in [0.25, 0.3) is 0 Å². The van der Waals surface area contributed by atoms with Gasteiger partial charge in [-0.25, -0.2) is 0 Å². The second-order valence-corrected chi connectivity index (χ2v) is 4.41. The fraction of sp³-hybridized carbons (Fsp3) is 0.364. The summed E-state index contributed by atoms with van der Waals surface area (Å²) in [6.07, 6.45) is 0. The van der Waals surface area contributed by atoms with Crippen LogP contribution in [0.15, 0.2) is 22.7 Å². The maximum absolute atomic E-state index is 11.5. The molecule has 1 aromatic carbocycles. The maximum Gasteiger partial charge on any atom is 0.313 e. The summed E-state index contributed by atoms with van der Waals surface area (Å²) < 4.78 is 5.73. The largest absolute Gasteiger partial charge is 0.466 e. The molecule has 0 aliphatic carbocycles. The Hall–Kier alpha value is -0.540. The Kier molecular flexibility index (Phi) is 4.61. The molecule has 0 saturated carbocycles. The van der Waals surface area contributed by atoms with E-state index in [1.807, 2.05) is 19.1 Å². The van der Waals surface area contributed by atoms with Crippen LogP contribution in [0.4, 0.5) is 0 Å². The highest BCUT2D eigenvalue weighted by atomic mass is 79.9. The van der Waals surface area contributed by atoms with Gasteiger partial charge in [0.1, 0.15) is 0 Å². The van der Waals surface area contributed by atoms with E-state index >= 15 is 0 Å². The van der Waals surface area contributed by atoms with Gasteiger partial charge in [-0.05, 0) is 47.5 Å². The summed E-state index contributed by atoms with van der Waals surface area (Å²) in [6.45, 7) is 4.01. The van der Waals surface area contributed by atoms with E-state index in [1.165, 1.54) is 0 Å². The van der Waals surface area contributed by atoms with E-state index in [0.717, 1.165) is 10.0 Å². The second-order valence-electron chi connectivity index (χ2n) is 3.15. The molecule has 0 N–H and O–H groups in total. The first-order chi connectivity index (χ1) is 7.06. The zero-order valence-electron chi connectivity index (χ0n) is 8.59. The van der Waals surface area contributed by atoms with E-state index in [2.05, 4.69) is 15.9 Å². The Morgan fingerprint density at radius 3 is 2.80 bits per heavy atom. The molecule has 1 rings (SSSR count). The van der Waals surface area contributed by atoms with Crippen LogP contribution in [0.5, 0.6) is 0 Å². The fourth-order valence-corrected chi connectivity index (χ4v) is 1.70. The number of halogens is 2. The van der Waals surface area contributed by atoms with Gasteiger partial charge in [0.05, 0.1) is 17.5 Å². The second kappa shape index (κ2) is 5.52. The molecule has 0 spiro atoms. The third-order valence-corrected chi connectivity index (χ3v) is 3.30. The van der Waals surface area contributed by atoms with E-state index < -0.39 is 0 Å². The molecule has 0 radical (unpaired) electrons. The summed E-state index contributed by atoms with van der Waals surface area (Å²) in [4.78, 5) is 11.5. The van der Waals surface area contributed by atoms with Gasteiger partial charge < -0.3 is 4.74 Å². The normalized spacial score (nSPS) is 12.3. The molecule has 1 unspecified atom stereocenters. The lowest BCUT2D eigenvalue weighted by Crippen LogP contribution is -2.12. The van der Waals surface area contributed by atoms with Crippen molar-refractivity contribution in [2.45, 2.75) is 19.8 Å². The van der Waals surface area contributed by atoms with Gasteiger partial charge in [0, 0.05) is 4.47 Å². The topological polar surface area (TPSA) is 26.3 Å². The van der Waals surface area contributed by atoms with Crippen LogP contribution in [0, 0.1) is 0 Å². The minimum absolute atomic E-state index is 0.216. The summed E-state index contributed by atoms with van der Waals surface area (Å²) in [5, 5.41) is 0.634. The molecule has 0 heterocycles. The molecule has 0 aliphatic rings. The molecule has 82 valence electrons. The molecule has 0 bridgehead atoms. The first-order valence-corrected chi connectivity index (χ1v) is 5.85. The summed E-state index contributed by atoms with van der Waals surface area (Å²) >= 11 is 9.18. The Labute approximate surface area is 103 Å². The third-order valence-electron chi connectivity index (χ3n) is 2.08. The van der Waals surface area contributed by atoms with Crippen molar-refractivity contribution in [2.75, 3.05) is 6.61 Å². The smallest absolute Gasteiger partial charge is 0.313 e. The van der Waals surface area contributed by atoms with Crippen LogP contribution in [0.3, 0.4) is 0 Å². The third kappa shape index (κ3) is 3.21. The monoisotopic (exact) mass is 290 g/mol. The molecule has 0 saturated heterocycles.